The minimum absolute atomic E-state index is 0.465. The summed E-state index contributed by atoms with van der Waals surface area (Å²) in [5.41, 5.74) is 10.8. The molecule has 1 unspecified atom stereocenters. The molecule has 1 aromatic rings. The topological polar surface area (TPSA) is 3.24 Å². The van der Waals surface area contributed by atoms with E-state index in [9.17, 15) is 0 Å². The van der Waals surface area contributed by atoms with Crippen molar-refractivity contribution in [2.75, 3.05) is 0 Å². The summed E-state index contributed by atoms with van der Waals surface area (Å²) in [7, 11) is 0. The van der Waals surface area contributed by atoms with Crippen LogP contribution in [0.5, 0.6) is 0 Å². The molecule has 0 amide bonds. The number of hydrogen-bond donors (Lipinski definition) is 0. The van der Waals surface area contributed by atoms with Crippen LogP contribution in [0.2, 0.25) is 0 Å². The summed E-state index contributed by atoms with van der Waals surface area (Å²) in [4.78, 5) is 2.46. The molecule has 3 rings (SSSR count). The Kier molecular flexibility index (Phi) is 6.09. The first-order chi connectivity index (χ1) is 13.0. The molecule has 144 valence electrons. The molecule has 1 aromatic carbocycles. The quantitative estimate of drug-likeness (QED) is 0.506. The minimum Gasteiger partial charge on any atom is -0.344 e. The Morgan fingerprint density at radius 3 is 2.59 bits per heavy atom. The van der Waals surface area contributed by atoms with Gasteiger partial charge in [0, 0.05) is 23.5 Å². The van der Waals surface area contributed by atoms with Gasteiger partial charge in [-0.15, -0.1) is 0 Å². The van der Waals surface area contributed by atoms with Crippen LogP contribution < -0.4 is 0 Å². The van der Waals surface area contributed by atoms with Gasteiger partial charge in [-0.05, 0) is 84.6 Å². The second kappa shape index (κ2) is 8.33. The monoisotopic (exact) mass is 361 g/mol. The summed E-state index contributed by atoms with van der Waals surface area (Å²) in [6.45, 7) is 17.8. The lowest BCUT2D eigenvalue weighted by Crippen LogP contribution is -2.35. The van der Waals surface area contributed by atoms with E-state index in [1.807, 2.05) is 0 Å². The molecule has 0 aliphatic carbocycles. The van der Waals surface area contributed by atoms with Gasteiger partial charge in [-0.3, -0.25) is 0 Å². The van der Waals surface area contributed by atoms with E-state index in [4.69, 9.17) is 0 Å². The van der Waals surface area contributed by atoms with Gasteiger partial charge in [-0.1, -0.05) is 52.8 Å². The Morgan fingerprint density at radius 2 is 1.93 bits per heavy atom. The lowest BCUT2D eigenvalue weighted by Gasteiger charge is -2.40. The molecule has 2 aliphatic heterocycles. The highest BCUT2D eigenvalue weighted by atomic mass is 15.2. The molecule has 1 nitrogen and oxygen atoms in total. The molecule has 0 N–H and O–H groups in total. The summed E-state index contributed by atoms with van der Waals surface area (Å²) in [6, 6.07) is 5.42. The van der Waals surface area contributed by atoms with Crippen molar-refractivity contribution in [3.05, 3.63) is 76.5 Å². The number of unbranched alkanes of at least 4 members (excludes halogenated alkanes) is 1. The molecule has 27 heavy (non-hydrogen) atoms. The smallest absolute Gasteiger partial charge is 0.0491 e. The van der Waals surface area contributed by atoms with Crippen molar-refractivity contribution in [1.29, 1.82) is 0 Å². The second-order valence-electron chi connectivity index (χ2n) is 8.15. The van der Waals surface area contributed by atoms with E-state index in [0.29, 0.717) is 6.04 Å². The molecule has 2 heterocycles. The third-order valence-electron chi connectivity index (χ3n) is 6.01. The first-order valence-electron chi connectivity index (χ1n) is 10.7. The van der Waals surface area contributed by atoms with Crippen LogP contribution >= 0.6 is 0 Å². The third-order valence-corrected chi connectivity index (χ3v) is 6.01. The van der Waals surface area contributed by atoms with E-state index in [2.05, 4.69) is 70.2 Å². The Bertz CT molecular complexity index is 806. The molecule has 0 spiro atoms. The number of nitrogens with zero attached hydrogens (tertiary/aromatic N) is 1. The molecule has 0 radical (unpaired) electrons. The third kappa shape index (κ3) is 3.83. The van der Waals surface area contributed by atoms with E-state index < -0.39 is 0 Å². The van der Waals surface area contributed by atoms with E-state index in [1.165, 1.54) is 58.4 Å². The number of hydrogen-bond acceptors (Lipinski definition) is 1. The van der Waals surface area contributed by atoms with Gasteiger partial charge in [0.1, 0.15) is 0 Å². The van der Waals surface area contributed by atoms with Gasteiger partial charge < -0.3 is 4.90 Å². The molecule has 0 bridgehead atoms. The van der Waals surface area contributed by atoms with Gasteiger partial charge in [-0.25, -0.2) is 0 Å². The molecule has 0 saturated heterocycles. The van der Waals surface area contributed by atoms with Crippen molar-refractivity contribution in [3.63, 3.8) is 0 Å². The first kappa shape index (κ1) is 19.7. The van der Waals surface area contributed by atoms with Crippen molar-refractivity contribution < 1.29 is 0 Å². The molecule has 0 fully saturated rings. The molecule has 2 aliphatic rings. The van der Waals surface area contributed by atoms with Gasteiger partial charge in [0.05, 0.1) is 0 Å². The Hall–Kier alpha value is -2.02. The van der Waals surface area contributed by atoms with Crippen LogP contribution in [0.25, 0.3) is 5.70 Å². The molecule has 1 atom stereocenters. The Labute approximate surface area is 166 Å². The number of allylic oxidation sites excluding steroid dienone is 4. The maximum Gasteiger partial charge on any atom is 0.0491 e. The van der Waals surface area contributed by atoms with Crippen LogP contribution in [0.4, 0.5) is 0 Å². The predicted molar refractivity (Wildman–Crippen MR) is 119 cm³/mol. The van der Waals surface area contributed by atoms with Crippen LogP contribution in [0.15, 0.2) is 54.3 Å². The van der Waals surface area contributed by atoms with Gasteiger partial charge in [0.25, 0.3) is 0 Å². The standard InChI is InChI=1S/C26H35N/c1-7-10-12-22-16-24-23(15-21(22)9-3)14-20(6)27-17-25(18(4)11-8-2)19(5)13-26(24)27/h13,15-17,20H,4-5,7-12,14H2,1-3,6H3. The summed E-state index contributed by atoms with van der Waals surface area (Å²) in [5.74, 6) is 0. The number of aryl methyl sites for hydroxylation is 2. The minimum atomic E-state index is 0.465. The van der Waals surface area contributed by atoms with E-state index in [-0.39, 0.29) is 0 Å². The fourth-order valence-corrected chi connectivity index (χ4v) is 4.44. The van der Waals surface area contributed by atoms with Crippen molar-refractivity contribution in [3.8, 4) is 0 Å². The zero-order valence-corrected chi connectivity index (χ0v) is 17.7. The lowest BCUT2D eigenvalue weighted by atomic mass is 9.83. The van der Waals surface area contributed by atoms with Gasteiger partial charge in [-0.2, -0.15) is 0 Å². The highest BCUT2D eigenvalue weighted by Gasteiger charge is 2.30. The Morgan fingerprint density at radius 1 is 1.15 bits per heavy atom. The summed E-state index contributed by atoms with van der Waals surface area (Å²) in [6.07, 6.45) is 12.7. The van der Waals surface area contributed by atoms with E-state index in [0.717, 1.165) is 31.3 Å². The maximum absolute atomic E-state index is 4.36. The summed E-state index contributed by atoms with van der Waals surface area (Å²) in [5, 5.41) is 0. The molecular formula is C26H35N. The largest absolute Gasteiger partial charge is 0.344 e. The molecule has 0 saturated carbocycles. The highest BCUT2D eigenvalue weighted by Crippen LogP contribution is 2.40. The highest BCUT2D eigenvalue weighted by molar-refractivity contribution is 5.77. The fraction of sp³-hybridized carbons (Fsp3) is 0.462. The van der Waals surface area contributed by atoms with Gasteiger partial charge in [0.2, 0.25) is 0 Å². The predicted octanol–water partition coefficient (Wildman–Crippen LogP) is 6.99. The number of rotatable bonds is 7. The van der Waals surface area contributed by atoms with Gasteiger partial charge in [0.15, 0.2) is 0 Å². The van der Waals surface area contributed by atoms with Crippen molar-refractivity contribution in [2.24, 2.45) is 0 Å². The summed E-state index contributed by atoms with van der Waals surface area (Å²) >= 11 is 0. The van der Waals surface area contributed by atoms with Crippen LogP contribution in [0.3, 0.4) is 0 Å². The second-order valence-corrected chi connectivity index (χ2v) is 8.15. The number of benzene rings is 1. The van der Waals surface area contributed by atoms with Crippen LogP contribution in [-0.4, -0.2) is 10.9 Å². The van der Waals surface area contributed by atoms with Gasteiger partial charge >= 0.3 is 0 Å². The van der Waals surface area contributed by atoms with Crippen LogP contribution in [-0.2, 0) is 19.3 Å². The van der Waals surface area contributed by atoms with Crippen molar-refractivity contribution in [1.82, 2.24) is 4.90 Å². The molecule has 0 aromatic heterocycles. The van der Waals surface area contributed by atoms with E-state index in [1.54, 1.807) is 0 Å². The summed E-state index contributed by atoms with van der Waals surface area (Å²) < 4.78 is 0. The van der Waals surface area contributed by atoms with Crippen LogP contribution in [0.1, 0.15) is 75.6 Å². The SMILES string of the molecule is C=C1C=C2c3cc(CCCC)c(CC)cc3CC(C)N2C=C1C(=C)CCC. The van der Waals surface area contributed by atoms with Crippen LogP contribution in [0, 0.1) is 0 Å². The maximum atomic E-state index is 4.36. The lowest BCUT2D eigenvalue weighted by molar-refractivity contribution is 0.388. The first-order valence-corrected chi connectivity index (χ1v) is 10.7. The average Bonchev–Trinajstić information content (AvgIpc) is 2.65. The molecular weight excluding hydrogens is 326 g/mol. The molecule has 1 heteroatoms. The van der Waals surface area contributed by atoms with Crippen molar-refractivity contribution >= 4 is 5.70 Å². The zero-order chi connectivity index (χ0) is 19.6. The number of fused-ring (bicyclic) bond motifs is 3. The normalized spacial score (nSPS) is 18.6. The van der Waals surface area contributed by atoms with E-state index >= 15 is 0 Å². The zero-order valence-electron chi connectivity index (χ0n) is 17.7. The Balaban J connectivity index is 2.03. The average molecular weight is 362 g/mol. The fourth-order valence-electron chi connectivity index (χ4n) is 4.44. The van der Waals surface area contributed by atoms with Crippen molar-refractivity contribution in [2.45, 2.75) is 78.7 Å².